The Kier molecular flexibility index (Phi) is 6.27. The Morgan fingerprint density at radius 3 is 2.53 bits per heavy atom. The Morgan fingerprint density at radius 2 is 1.79 bits per heavy atom. The van der Waals surface area contributed by atoms with Crippen molar-refractivity contribution in [3.8, 4) is 5.69 Å². The average molecular weight is 479 g/mol. The van der Waals surface area contributed by atoms with Gasteiger partial charge in [0.25, 0.3) is 5.91 Å². The normalized spacial score (nSPS) is 18.6. The summed E-state index contributed by atoms with van der Waals surface area (Å²) in [5.74, 6) is 0.416. The van der Waals surface area contributed by atoms with Gasteiger partial charge in [-0.05, 0) is 74.9 Å². The monoisotopic (exact) mass is 478 g/mol. The number of para-hydroxylation sites is 1. The molecule has 5 rings (SSSR count). The highest BCUT2D eigenvalue weighted by molar-refractivity contribution is 7.89. The van der Waals surface area contributed by atoms with Gasteiger partial charge in [0.05, 0.1) is 16.3 Å². The minimum Gasteiger partial charge on any atom is -0.306 e. The molecule has 2 aromatic carbocycles. The van der Waals surface area contributed by atoms with E-state index in [1.807, 2.05) is 37.3 Å². The van der Waals surface area contributed by atoms with Gasteiger partial charge in [-0.15, -0.1) is 0 Å². The molecule has 0 radical (unpaired) electrons. The van der Waals surface area contributed by atoms with Gasteiger partial charge < -0.3 is 5.32 Å². The van der Waals surface area contributed by atoms with E-state index in [-0.39, 0.29) is 16.8 Å². The molecule has 2 aliphatic rings. The summed E-state index contributed by atoms with van der Waals surface area (Å²) < 4.78 is 29.9. The highest BCUT2D eigenvalue weighted by atomic mass is 32.2. The second-order valence-corrected chi connectivity index (χ2v) is 10.9. The highest BCUT2D eigenvalue weighted by Gasteiger charge is 2.32. The number of aryl methyl sites for hydroxylation is 1. The Labute approximate surface area is 200 Å². The van der Waals surface area contributed by atoms with Gasteiger partial charge in [-0.2, -0.15) is 9.40 Å². The van der Waals surface area contributed by atoms with E-state index >= 15 is 0 Å². The van der Waals surface area contributed by atoms with E-state index in [1.165, 1.54) is 0 Å². The van der Waals surface area contributed by atoms with Crippen molar-refractivity contribution >= 4 is 21.7 Å². The third-order valence-electron chi connectivity index (χ3n) is 6.91. The maximum Gasteiger partial charge on any atom is 0.256 e. The van der Waals surface area contributed by atoms with Crippen LogP contribution in [-0.2, 0) is 22.9 Å². The summed E-state index contributed by atoms with van der Waals surface area (Å²) in [5.41, 5.74) is 3.40. The smallest absolute Gasteiger partial charge is 0.256 e. The van der Waals surface area contributed by atoms with E-state index < -0.39 is 10.0 Å². The first kappa shape index (κ1) is 22.8. The predicted molar refractivity (Wildman–Crippen MR) is 132 cm³/mol. The van der Waals surface area contributed by atoms with Crippen LogP contribution in [0.2, 0.25) is 0 Å². The molecule has 1 atom stereocenters. The lowest BCUT2D eigenvalue weighted by Crippen LogP contribution is -2.43. The molecule has 1 aliphatic heterocycles. The summed E-state index contributed by atoms with van der Waals surface area (Å²) in [4.78, 5) is 13.4. The molecular weight excluding hydrogens is 448 g/mol. The lowest BCUT2D eigenvalue weighted by Gasteiger charge is -2.34. The van der Waals surface area contributed by atoms with Crippen molar-refractivity contribution in [1.29, 1.82) is 0 Å². The molecule has 0 bridgehead atoms. The molecular formula is C26H30N4O3S. The Balaban J connectivity index is 1.39. The summed E-state index contributed by atoms with van der Waals surface area (Å²) in [5, 5.41) is 7.78. The number of carbonyl (C=O) groups is 1. The van der Waals surface area contributed by atoms with Crippen LogP contribution in [0.3, 0.4) is 0 Å². The zero-order valence-corrected chi connectivity index (χ0v) is 20.2. The maximum atomic E-state index is 13.2. The molecule has 0 spiro atoms. The molecule has 2 heterocycles. The van der Waals surface area contributed by atoms with Crippen molar-refractivity contribution in [2.45, 2.75) is 62.8 Å². The van der Waals surface area contributed by atoms with Gasteiger partial charge in [0.15, 0.2) is 0 Å². The topological polar surface area (TPSA) is 84.3 Å². The number of amides is 1. The molecule has 178 valence electrons. The van der Waals surface area contributed by atoms with Crippen LogP contribution >= 0.6 is 0 Å². The van der Waals surface area contributed by atoms with Gasteiger partial charge in [-0.3, -0.25) is 4.79 Å². The molecule has 1 aliphatic carbocycles. The van der Waals surface area contributed by atoms with Gasteiger partial charge >= 0.3 is 0 Å². The predicted octanol–water partition coefficient (Wildman–Crippen LogP) is 4.57. The van der Waals surface area contributed by atoms with Gasteiger partial charge in [-0.1, -0.05) is 31.5 Å². The summed E-state index contributed by atoms with van der Waals surface area (Å²) in [6, 6.07) is 16.1. The van der Waals surface area contributed by atoms with Gasteiger partial charge in [0.2, 0.25) is 10.0 Å². The van der Waals surface area contributed by atoms with Gasteiger partial charge in [0.1, 0.15) is 5.82 Å². The number of hydrogen-bond donors (Lipinski definition) is 1. The van der Waals surface area contributed by atoms with Crippen LogP contribution in [0.5, 0.6) is 0 Å². The van der Waals surface area contributed by atoms with Crippen LogP contribution in [0.4, 0.5) is 5.82 Å². The van der Waals surface area contributed by atoms with E-state index in [4.69, 9.17) is 5.10 Å². The van der Waals surface area contributed by atoms with E-state index in [1.54, 1.807) is 33.3 Å². The first-order valence-corrected chi connectivity index (χ1v) is 13.5. The quantitative estimate of drug-likeness (QED) is 0.563. The number of carbonyl (C=O) groups excluding carboxylic acids is 1. The lowest BCUT2D eigenvalue weighted by molar-refractivity contribution is 0.102. The van der Waals surface area contributed by atoms with Crippen LogP contribution in [0.15, 0.2) is 59.5 Å². The zero-order chi connectivity index (χ0) is 23.7. The number of benzene rings is 2. The van der Waals surface area contributed by atoms with E-state index in [0.29, 0.717) is 17.9 Å². The number of anilines is 1. The average Bonchev–Trinajstić information content (AvgIpc) is 3.47. The van der Waals surface area contributed by atoms with Crippen LogP contribution in [-0.4, -0.2) is 41.0 Å². The molecule has 7 nitrogen and oxygen atoms in total. The summed E-state index contributed by atoms with van der Waals surface area (Å²) in [6.45, 7) is 2.58. The minimum atomic E-state index is -3.58. The highest BCUT2D eigenvalue weighted by Crippen LogP contribution is 2.32. The summed E-state index contributed by atoms with van der Waals surface area (Å²) in [6.07, 6.45) is 6.46. The summed E-state index contributed by atoms with van der Waals surface area (Å²) in [7, 11) is -3.58. The first-order chi connectivity index (χ1) is 16.5. The molecule has 1 aromatic heterocycles. The standard InChI is InChI=1S/C26H30N4O3S/c1-2-20-9-6-7-18-29(20)34(32,33)22-16-14-19(15-17-22)26(31)27-25-23-12-8-13-24(23)28-30(25)21-10-4-3-5-11-21/h3-5,10-11,14-17,20H,2,6-9,12-13,18H2,1H3,(H,27,31). The number of fused-ring (bicyclic) bond motifs is 1. The number of piperidine rings is 1. The van der Waals surface area contributed by atoms with Crippen molar-refractivity contribution in [2.24, 2.45) is 0 Å². The number of sulfonamides is 1. The minimum absolute atomic E-state index is 0.0436. The maximum absolute atomic E-state index is 13.2. The molecule has 1 fully saturated rings. The van der Waals surface area contributed by atoms with Crippen molar-refractivity contribution in [2.75, 3.05) is 11.9 Å². The molecule has 1 unspecified atom stereocenters. The fraction of sp³-hybridized carbons (Fsp3) is 0.385. The lowest BCUT2D eigenvalue weighted by atomic mass is 10.0. The Morgan fingerprint density at radius 1 is 1.03 bits per heavy atom. The molecule has 3 aromatic rings. The van der Waals surface area contributed by atoms with Crippen LogP contribution in [0.1, 0.15) is 60.6 Å². The van der Waals surface area contributed by atoms with Crippen LogP contribution < -0.4 is 5.32 Å². The fourth-order valence-corrected chi connectivity index (χ4v) is 6.84. The van der Waals surface area contributed by atoms with Crippen LogP contribution in [0.25, 0.3) is 5.69 Å². The Bertz CT molecular complexity index is 1280. The fourth-order valence-electron chi connectivity index (χ4n) is 5.07. The third-order valence-corrected chi connectivity index (χ3v) is 8.87. The molecule has 34 heavy (non-hydrogen) atoms. The SMILES string of the molecule is CCC1CCCCN1S(=O)(=O)c1ccc(C(=O)Nc2c3c(nn2-c2ccccc2)CCC3)cc1. The van der Waals surface area contributed by atoms with Crippen molar-refractivity contribution in [3.63, 3.8) is 0 Å². The van der Waals surface area contributed by atoms with E-state index in [0.717, 1.165) is 61.9 Å². The number of hydrogen-bond acceptors (Lipinski definition) is 4. The number of rotatable bonds is 6. The van der Waals surface area contributed by atoms with Gasteiger partial charge in [0, 0.05) is 23.7 Å². The van der Waals surface area contributed by atoms with Crippen LogP contribution in [0, 0.1) is 0 Å². The van der Waals surface area contributed by atoms with E-state index in [9.17, 15) is 13.2 Å². The van der Waals surface area contributed by atoms with Crippen molar-refractivity contribution < 1.29 is 13.2 Å². The van der Waals surface area contributed by atoms with Gasteiger partial charge in [-0.25, -0.2) is 13.1 Å². The first-order valence-electron chi connectivity index (χ1n) is 12.1. The van der Waals surface area contributed by atoms with Crippen molar-refractivity contribution in [1.82, 2.24) is 14.1 Å². The second kappa shape index (κ2) is 9.35. The number of nitrogens with one attached hydrogen (secondary N) is 1. The van der Waals surface area contributed by atoms with Crippen molar-refractivity contribution in [3.05, 3.63) is 71.4 Å². The Hall–Kier alpha value is -2.97. The van der Waals surface area contributed by atoms with E-state index in [2.05, 4.69) is 5.32 Å². The molecule has 1 N–H and O–H groups in total. The number of nitrogens with zero attached hydrogens (tertiary/aromatic N) is 3. The number of aromatic nitrogens is 2. The largest absolute Gasteiger partial charge is 0.306 e. The third kappa shape index (κ3) is 4.16. The molecule has 0 saturated carbocycles. The zero-order valence-electron chi connectivity index (χ0n) is 19.4. The molecule has 1 saturated heterocycles. The summed E-state index contributed by atoms with van der Waals surface area (Å²) >= 11 is 0. The molecule has 1 amide bonds. The second-order valence-electron chi connectivity index (χ2n) is 9.03. The molecule has 8 heteroatoms.